The lowest BCUT2D eigenvalue weighted by atomic mass is 10.1. The summed E-state index contributed by atoms with van der Waals surface area (Å²) >= 11 is 0. The number of carbonyl (C=O) groups is 4. The summed E-state index contributed by atoms with van der Waals surface area (Å²) in [5.41, 5.74) is 19.7. The van der Waals surface area contributed by atoms with E-state index in [0.29, 0.717) is 19.4 Å². The van der Waals surface area contributed by atoms with Crippen molar-refractivity contribution in [3.63, 3.8) is 0 Å². The number of rotatable bonds is 12. The Hall–Kier alpha value is -3.95. The Morgan fingerprint density at radius 3 is 1.76 bits per heavy atom. The van der Waals surface area contributed by atoms with Gasteiger partial charge < -0.3 is 47.6 Å². The number of nitrogens with two attached hydrogens (primary N) is 2. The van der Waals surface area contributed by atoms with E-state index in [9.17, 15) is 46.0 Å². The molecule has 0 unspecified atom stereocenters. The molecule has 22 heteroatoms. The number of unbranched alkanes of at least 4 members (excludes halogenated alkanes) is 1. The van der Waals surface area contributed by atoms with Gasteiger partial charge in [0, 0.05) is 19.5 Å². The van der Waals surface area contributed by atoms with Crippen LogP contribution in [0.2, 0.25) is 0 Å². The standard InChI is InChI=1S/C12H26N8O4.2C2HF3O2/c13-5-1-2-7-19(8-10(15)21)11(22)9(14)4-3-6-17-12(16)18-20(23)24;2*3-2(4,5)1(6)7/h9H,1-8,13-14H2,(H2,15,21)(H3,16,17,18);2*(H,6,7)/t9-;;/m0../s1. The molecule has 0 radical (unpaired) electrons. The fourth-order valence-electron chi connectivity index (χ4n) is 1.98. The first kappa shape index (κ1) is 38.6. The number of nitrogens with one attached hydrogen (secondary N) is 1. The molecular formula is C16H28F6N8O8. The number of hydrogen-bond acceptors (Lipinski definition) is 9. The molecule has 0 fully saturated rings. The van der Waals surface area contributed by atoms with Gasteiger partial charge in [-0.05, 0) is 19.3 Å². The Morgan fingerprint density at radius 2 is 1.42 bits per heavy atom. The van der Waals surface area contributed by atoms with E-state index in [1.54, 1.807) is 5.43 Å². The maximum absolute atomic E-state index is 12.3. The van der Waals surface area contributed by atoms with Gasteiger partial charge in [0.2, 0.25) is 5.91 Å². The fourth-order valence-corrected chi connectivity index (χ4v) is 1.98. The first-order valence-electron chi connectivity index (χ1n) is 10.1. The second-order valence-corrected chi connectivity index (χ2v) is 6.83. The van der Waals surface area contributed by atoms with Crippen LogP contribution in [0.5, 0.6) is 0 Å². The normalized spacial score (nSPS) is 12.1. The van der Waals surface area contributed by atoms with E-state index in [2.05, 4.69) is 16.5 Å². The molecule has 0 aromatic carbocycles. The maximum atomic E-state index is 12.3. The Labute approximate surface area is 210 Å². The summed E-state index contributed by atoms with van der Waals surface area (Å²) in [6.45, 7) is 1.27. The number of nitro groups is 1. The van der Waals surface area contributed by atoms with Crippen molar-refractivity contribution in [2.45, 2.75) is 44.1 Å². The molecule has 2 amide bonds. The highest BCUT2D eigenvalue weighted by Gasteiger charge is 2.29. The van der Waals surface area contributed by atoms with Crippen LogP contribution in [0, 0.1) is 10.1 Å². The third-order valence-corrected chi connectivity index (χ3v) is 3.60. The SMILES string of the molecule is NC(=O)CN(CCCC[NH3+])C(=O)[C@@H]([NH3+])CCCN=C(N)N[N+](=O)[O-].O=C([O-])C(F)(F)F.O=C([O-])C(F)(F)F. The van der Waals surface area contributed by atoms with Gasteiger partial charge in [0.25, 0.3) is 11.9 Å². The van der Waals surface area contributed by atoms with E-state index in [0.717, 1.165) is 19.4 Å². The third kappa shape index (κ3) is 23.8. The number of alkyl halides is 6. The summed E-state index contributed by atoms with van der Waals surface area (Å²) in [5.74, 6) is -7.14. The van der Waals surface area contributed by atoms with Gasteiger partial charge in [0.05, 0.1) is 13.1 Å². The summed E-state index contributed by atoms with van der Waals surface area (Å²) in [5, 5.41) is 26.9. The van der Waals surface area contributed by atoms with Crippen LogP contribution in [-0.2, 0) is 19.2 Å². The van der Waals surface area contributed by atoms with Crippen LogP contribution in [0.15, 0.2) is 4.99 Å². The van der Waals surface area contributed by atoms with Crippen molar-refractivity contribution in [2.75, 3.05) is 26.2 Å². The van der Waals surface area contributed by atoms with Crippen LogP contribution in [0.4, 0.5) is 26.3 Å². The fraction of sp³-hybridized carbons (Fsp3) is 0.688. The predicted octanol–water partition coefficient (Wildman–Crippen LogP) is -5.59. The molecule has 0 saturated carbocycles. The molecule has 0 aromatic rings. The van der Waals surface area contributed by atoms with Gasteiger partial charge >= 0.3 is 12.4 Å². The summed E-state index contributed by atoms with van der Waals surface area (Å²) in [6.07, 6.45) is -7.91. The average Bonchev–Trinajstić information content (AvgIpc) is 2.74. The number of hydrogen-bond donors (Lipinski definition) is 5. The highest BCUT2D eigenvalue weighted by molar-refractivity contribution is 5.86. The van der Waals surface area contributed by atoms with Gasteiger partial charge in [0.1, 0.15) is 11.9 Å². The lowest BCUT2D eigenvalue weighted by Crippen LogP contribution is -2.68. The van der Waals surface area contributed by atoms with Crippen LogP contribution in [0.1, 0.15) is 25.7 Å². The molecule has 0 aliphatic heterocycles. The Bertz CT molecular complexity index is 786. The number of nitrogens with zero attached hydrogens (tertiary/aromatic N) is 3. The van der Waals surface area contributed by atoms with Crippen LogP contribution < -0.4 is 38.6 Å². The zero-order valence-electron chi connectivity index (χ0n) is 19.7. The minimum atomic E-state index is -5.19. The monoisotopic (exact) mass is 574 g/mol. The molecule has 11 N–H and O–H groups in total. The van der Waals surface area contributed by atoms with Crippen molar-refractivity contribution < 1.29 is 72.2 Å². The molecule has 16 nitrogen and oxygen atoms in total. The van der Waals surface area contributed by atoms with Crippen LogP contribution in [0.3, 0.4) is 0 Å². The largest absolute Gasteiger partial charge is 0.542 e. The number of aliphatic carboxylic acids is 2. The number of amides is 2. The van der Waals surface area contributed by atoms with Gasteiger partial charge in [-0.1, -0.05) is 5.43 Å². The van der Waals surface area contributed by atoms with Gasteiger partial charge in [-0.3, -0.25) is 9.59 Å². The number of carboxylic acids is 2. The number of guanidine groups is 1. The lowest BCUT2D eigenvalue weighted by Gasteiger charge is -2.22. The molecular weight excluding hydrogens is 546 g/mol. The van der Waals surface area contributed by atoms with Crippen molar-refractivity contribution in [1.82, 2.24) is 10.3 Å². The van der Waals surface area contributed by atoms with Gasteiger partial charge in [-0.25, -0.2) is 15.1 Å². The zero-order chi connectivity index (χ0) is 30.7. The number of quaternary nitrogens is 2. The zero-order valence-corrected chi connectivity index (χ0v) is 19.7. The minimum Gasteiger partial charge on any atom is -0.542 e. The van der Waals surface area contributed by atoms with E-state index in [-0.39, 0.29) is 25.0 Å². The van der Waals surface area contributed by atoms with Gasteiger partial charge in [0.15, 0.2) is 11.1 Å². The van der Waals surface area contributed by atoms with Gasteiger partial charge in [-0.15, -0.1) is 0 Å². The van der Waals surface area contributed by atoms with Crippen molar-refractivity contribution in [2.24, 2.45) is 16.5 Å². The predicted molar refractivity (Wildman–Crippen MR) is 107 cm³/mol. The number of primary amides is 1. The summed E-state index contributed by atoms with van der Waals surface area (Å²) in [4.78, 5) is 56.3. The molecule has 0 rings (SSSR count). The quantitative estimate of drug-likeness (QED) is 0.0367. The molecule has 0 bridgehead atoms. The summed E-state index contributed by atoms with van der Waals surface area (Å²) in [6, 6.07) is -0.552. The van der Waals surface area contributed by atoms with Crippen LogP contribution >= 0.6 is 0 Å². The molecule has 38 heavy (non-hydrogen) atoms. The topological polar surface area (TPSA) is 292 Å². The van der Waals surface area contributed by atoms with Crippen molar-refractivity contribution in [3.05, 3.63) is 10.1 Å². The molecule has 0 heterocycles. The van der Waals surface area contributed by atoms with Crippen molar-refractivity contribution in [3.8, 4) is 0 Å². The Kier molecular flexibility index (Phi) is 19.5. The molecule has 0 spiro atoms. The molecule has 1 atom stereocenters. The highest BCUT2D eigenvalue weighted by atomic mass is 19.4. The second-order valence-electron chi connectivity index (χ2n) is 6.83. The van der Waals surface area contributed by atoms with E-state index >= 15 is 0 Å². The highest BCUT2D eigenvalue weighted by Crippen LogP contribution is 2.12. The van der Waals surface area contributed by atoms with E-state index in [1.807, 2.05) is 0 Å². The molecule has 222 valence electrons. The smallest absolute Gasteiger partial charge is 0.430 e. The van der Waals surface area contributed by atoms with Gasteiger partial charge in [-0.2, -0.15) is 26.3 Å². The first-order valence-corrected chi connectivity index (χ1v) is 10.1. The Balaban J connectivity index is -0.000000710. The number of halogens is 6. The average molecular weight is 574 g/mol. The molecule has 0 aliphatic rings. The first-order chi connectivity index (χ1) is 17.2. The van der Waals surface area contributed by atoms with Crippen LogP contribution in [-0.4, -0.2) is 84.2 Å². The van der Waals surface area contributed by atoms with Crippen LogP contribution in [0.25, 0.3) is 0 Å². The molecule has 0 saturated heterocycles. The van der Waals surface area contributed by atoms with E-state index in [4.69, 9.17) is 31.3 Å². The van der Waals surface area contributed by atoms with E-state index in [1.165, 1.54) is 4.90 Å². The Morgan fingerprint density at radius 1 is 0.974 bits per heavy atom. The molecule has 0 aliphatic carbocycles. The number of carbonyl (C=O) groups excluding carboxylic acids is 4. The van der Waals surface area contributed by atoms with Crippen molar-refractivity contribution in [1.29, 1.82) is 0 Å². The summed E-state index contributed by atoms with van der Waals surface area (Å²) < 4.78 is 63.1. The maximum Gasteiger partial charge on any atom is 0.430 e. The number of hydrazine groups is 1. The number of aliphatic imine (C=N–C) groups is 1. The number of carboxylic acid groups (broad SMARTS) is 2. The van der Waals surface area contributed by atoms with Crippen molar-refractivity contribution >= 4 is 29.7 Å². The molecule has 0 aromatic heterocycles. The van der Waals surface area contributed by atoms with E-state index < -0.39 is 41.3 Å². The lowest BCUT2D eigenvalue weighted by molar-refractivity contribution is -0.525. The third-order valence-electron chi connectivity index (χ3n) is 3.60. The summed E-state index contributed by atoms with van der Waals surface area (Å²) in [7, 11) is 0. The second kappa shape index (κ2) is 19.2. The minimum absolute atomic E-state index is 0.139.